The zero-order valence-corrected chi connectivity index (χ0v) is 9.99. The Balaban J connectivity index is 2.38. The molecule has 1 unspecified atom stereocenters. The maximum atomic E-state index is 9.96. The highest BCUT2D eigenvalue weighted by Gasteiger charge is 2.16. The van der Waals surface area contributed by atoms with E-state index in [4.69, 9.17) is 16.0 Å². The largest absolute Gasteiger partial charge is 0.466 e. The van der Waals surface area contributed by atoms with E-state index in [1.165, 1.54) is 6.26 Å². The van der Waals surface area contributed by atoms with E-state index in [2.05, 4.69) is 15.9 Å². The van der Waals surface area contributed by atoms with Gasteiger partial charge < -0.3 is 9.52 Å². The van der Waals surface area contributed by atoms with Crippen LogP contribution in [0.4, 0.5) is 0 Å². The van der Waals surface area contributed by atoms with Crippen molar-refractivity contribution in [1.82, 2.24) is 0 Å². The van der Waals surface area contributed by atoms with Gasteiger partial charge in [-0.25, -0.2) is 0 Å². The number of hydrogen-bond acceptors (Lipinski definition) is 2. The van der Waals surface area contributed by atoms with Crippen LogP contribution >= 0.6 is 27.5 Å². The van der Waals surface area contributed by atoms with Crippen molar-refractivity contribution in [3.63, 3.8) is 0 Å². The predicted octanol–water partition coefficient (Wildman–Crippen LogP) is 3.78. The lowest BCUT2D eigenvalue weighted by Crippen LogP contribution is -1.98. The van der Waals surface area contributed by atoms with Crippen LogP contribution < -0.4 is 0 Å². The average Bonchev–Trinajstić information content (AvgIpc) is 2.69. The first-order chi connectivity index (χ1) is 7.18. The predicted molar refractivity (Wildman–Crippen MR) is 61.9 cm³/mol. The van der Waals surface area contributed by atoms with Crippen molar-refractivity contribution in [1.29, 1.82) is 0 Å². The third-order valence-electron chi connectivity index (χ3n) is 2.07. The summed E-state index contributed by atoms with van der Waals surface area (Å²) in [7, 11) is 0. The lowest BCUT2D eigenvalue weighted by molar-refractivity contribution is 0.189. The smallest absolute Gasteiger partial charge is 0.138 e. The summed E-state index contributed by atoms with van der Waals surface area (Å²) in [6.45, 7) is 0. The van der Waals surface area contributed by atoms with Gasteiger partial charge in [0.05, 0.1) is 6.26 Å². The lowest BCUT2D eigenvalue weighted by atomic mass is 10.1. The third-order valence-corrected chi connectivity index (χ3v) is 2.89. The minimum absolute atomic E-state index is 0.485. The molecule has 0 saturated carbocycles. The van der Waals surface area contributed by atoms with Gasteiger partial charge in [-0.15, -0.1) is 0 Å². The van der Waals surface area contributed by atoms with Gasteiger partial charge in [0.2, 0.25) is 0 Å². The van der Waals surface area contributed by atoms with Crippen molar-refractivity contribution in [2.45, 2.75) is 6.10 Å². The monoisotopic (exact) mass is 286 g/mol. The molecule has 4 heteroatoms. The molecular formula is C11H8BrClO2. The van der Waals surface area contributed by atoms with Crippen molar-refractivity contribution in [2.75, 3.05) is 0 Å². The number of halogens is 2. The number of furan rings is 1. The fourth-order valence-corrected chi connectivity index (χ4v) is 2.10. The molecule has 1 heterocycles. The fourth-order valence-electron chi connectivity index (χ4n) is 1.32. The van der Waals surface area contributed by atoms with Gasteiger partial charge in [-0.05, 0) is 24.3 Å². The van der Waals surface area contributed by atoms with Crippen molar-refractivity contribution in [3.8, 4) is 0 Å². The molecule has 2 nitrogen and oxygen atoms in total. The molecule has 0 spiro atoms. The molecule has 1 aromatic carbocycles. The molecule has 0 amide bonds. The standard InChI is InChI=1S/C11H8BrClO2/c12-7-3-4-8(9(13)6-7)11(14)10-2-1-5-15-10/h1-6,11,14H. The maximum absolute atomic E-state index is 9.96. The molecule has 0 saturated heterocycles. The van der Waals surface area contributed by atoms with Gasteiger partial charge in [0.25, 0.3) is 0 Å². The zero-order valence-electron chi connectivity index (χ0n) is 7.65. The Hall–Kier alpha value is -0.770. The molecule has 0 aliphatic rings. The molecule has 78 valence electrons. The van der Waals surface area contributed by atoms with Crippen molar-refractivity contribution < 1.29 is 9.52 Å². The molecule has 0 aliphatic heterocycles. The molecule has 1 atom stereocenters. The van der Waals surface area contributed by atoms with Gasteiger partial charge in [0.15, 0.2) is 0 Å². The van der Waals surface area contributed by atoms with E-state index in [-0.39, 0.29) is 0 Å². The van der Waals surface area contributed by atoms with Crippen LogP contribution in [-0.2, 0) is 0 Å². The van der Waals surface area contributed by atoms with Crippen molar-refractivity contribution in [3.05, 3.63) is 57.4 Å². The number of aliphatic hydroxyl groups is 1. The molecule has 2 rings (SSSR count). The fraction of sp³-hybridized carbons (Fsp3) is 0.0909. The van der Waals surface area contributed by atoms with Gasteiger partial charge in [0, 0.05) is 15.1 Å². The Morgan fingerprint density at radius 3 is 2.73 bits per heavy atom. The summed E-state index contributed by atoms with van der Waals surface area (Å²) in [6.07, 6.45) is 0.700. The summed E-state index contributed by atoms with van der Waals surface area (Å²) in [4.78, 5) is 0. The quantitative estimate of drug-likeness (QED) is 0.912. The van der Waals surface area contributed by atoms with E-state index >= 15 is 0 Å². The van der Waals surface area contributed by atoms with Crippen LogP contribution in [0.15, 0.2) is 45.5 Å². The summed E-state index contributed by atoms with van der Waals surface area (Å²) in [6, 6.07) is 8.77. The van der Waals surface area contributed by atoms with E-state index in [0.717, 1.165) is 4.47 Å². The van der Waals surface area contributed by atoms with E-state index < -0.39 is 6.10 Å². The molecular weight excluding hydrogens is 279 g/mol. The van der Waals surface area contributed by atoms with Crippen LogP contribution in [0, 0.1) is 0 Å². The highest BCUT2D eigenvalue weighted by molar-refractivity contribution is 9.10. The highest BCUT2D eigenvalue weighted by Crippen LogP contribution is 2.30. The zero-order chi connectivity index (χ0) is 10.8. The molecule has 1 N–H and O–H groups in total. The van der Waals surface area contributed by atoms with E-state index in [9.17, 15) is 5.11 Å². The SMILES string of the molecule is OC(c1ccco1)c1ccc(Br)cc1Cl. The second kappa shape index (κ2) is 4.39. The third kappa shape index (κ3) is 2.25. The van der Waals surface area contributed by atoms with E-state index in [0.29, 0.717) is 16.3 Å². The Morgan fingerprint density at radius 1 is 1.33 bits per heavy atom. The number of aliphatic hydroxyl groups excluding tert-OH is 1. The normalized spacial score (nSPS) is 12.7. The molecule has 2 aromatic rings. The number of benzene rings is 1. The minimum atomic E-state index is -0.819. The van der Waals surface area contributed by atoms with Crippen LogP contribution in [0.3, 0.4) is 0 Å². The second-order valence-corrected chi connectivity index (χ2v) is 4.41. The van der Waals surface area contributed by atoms with E-state index in [1.54, 1.807) is 24.3 Å². The summed E-state index contributed by atoms with van der Waals surface area (Å²) < 4.78 is 5.99. The Morgan fingerprint density at radius 2 is 2.13 bits per heavy atom. The molecule has 0 fully saturated rings. The summed E-state index contributed by atoms with van der Waals surface area (Å²) >= 11 is 9.31. The number of rotatable bonds is 2. The average molecular weight is 288 g/mol. The van der Waals surface area contributed by atoms with Crippen molar-refractivity contribution >= 4 is 27.5 Å². The van der Waals surface area contributed by atoms with Crippen LogP contribution in [0.2, 0.25) is 5.02 Å². The Kier molecular flexibility index (Phi) is 3.14. The number of hydrogen-bond donors (Lipinski definition) is 1. The highest BCUT2D eigenvalue weighted by atomic mass is 79.9. The molecule has 15 heavy (non-hydrogen) atoms. The van der Waals surface area contributed by atoms with Crippen LogP contribution in [0.25, 0.3) is 0 Å². The summed E-state index contributed by atoms with van der Waals surface area (Å²) in [5.74, 6) is 0.485. The molecule has 1 aromatic heterocycles. The van der Waals surface area contributed by atoms with Crippen LogP contribution in [-0.4, -0.2) is 5.11 Å². The molecule has 0 radical (unpaired) electrons. The van der Waals surface area contributed by atoms with Gasteiger partial charge in [-0.2, -0.15) is 0 Å². The van der Waals surface area contributed by atoms with Crippen LogP contribution in [0.5, 0.6) is 0 Å². The minimum Gasteiger partial charge on any atom is -0.466 e. The summed E-state index contributed by atoms with van der Waals surface area (Å²) in [5, 5.41) is 10.5. The topological polar surface area (TPSA) is 33.4 Å². The Bertz CT molecular complexity index is 454. The first-order valence-corrected chi connectivity index (χ1v) is 5.52. The van der Waals surface area contributed by atoms with Gasteiger partial charge in [0.1, 0.15) is 11.9 Å². The second-order valence-electron chi connectivity index (χ2n) is 3.08. The Labute approximate surface area is 101 Å². The van der Waals surface area contributed by atoms with Gasteiger partial charge in [-0.3, -0.25) is 0 Å². The summed E-state index contributed by atoms with van der Waals surface area (Å²) in [5.41, 5.74) is 0.634. The van der Waals surface area contributed by atoms with E-state index in [1.807, 2.05) is 6.07 Å². The molecule has 0 aliphatic carbocycles. The lowest BCUT2D eigenvalue weighted by Gasteiger charge is -2.10. The van der Waals surface area contributed by atoms with Gasteiger partial charge >= 0.3 is 0 Å². The van der Waals surface area contributed by atoms with Crippen LogP contribution in [0.1, 0.15) is 17.4 Å². The van der Waals surface area contributed by atoms with Gasteiger partial charge in [-0.1, -0.05) is 33.6 Å². The first-order valence-electron chi connectivity index (χ1n) is 4.35. The molecule has 0 bridgehead atoms. The maximum Gasteiger partial charge on any atom is 0.138 e. The van der Waals surface area contributed by atoms with Crippen molar-refractivity contribution in [2.24, 2.45) is 0 Å². The first kappa shape index (κ1) is 10.7.